The minimum atomic E-state index is -0.598. The maximum atomic E-state index is 12.1. The molecule has 212 valence electrons. The first-order valence-electron chi connectivity index (χ1n) is 13.9. The molecule has 2 amide bonds. The first kappa shape index (κ1) is 28.0. The Balaban J connectivity index is 1.33. The molecule has 0 spiro atoms. The topological polar surface area (TPSA) is 112 Å². The van der Waals surface area contributed by atoms with Crippen molar-refractivity contribution in [2.45, 2.75) is 39.0 Å². The number of carbonyl (C=O) groups is 1. The lowest BCUT2D eigenvalue weighted by Crippen LogP contribution is -2.51. The number of rotatable bonds is 8. The number of hydrogen-bond acceptors (Lipinski definition) is 8. The molecule has 40 heavy (non-hydrogen) atoms. The molecule has 4 atom stereocenters. The van der Waals surface area contributed by atoms with Crippen molar-refractivity contribution in [3.63, 3.8) is 0 Å². The Morgan fingerprint density at radius 2 is 1.75 bits per heavy atom. The SMILES string of the molecule is CCNC(=O)Nc1cccc(C2OC(CN3CCN(c4ncccn4)CC3)C(C)C(c3ccc(CO)cc3)O2)c1. The van der Waals surface area contributed by atoms with Gasteiger partial charge in [-0.2, -0.15) is 0 Å². The fraction of sp³-hybridized carbons (Fsp3) is 0.433. The highest BCUT2D eigenvalue weighted by Crippen LogP contribution is 2.42. The zero-order valence-electron chi connectivity index (χ0n) is 23.1. The molecule has 2 fully saturated rings. The van der Waals surface area contributed by atoms with Crippen LogP contribution in [0.4, 0.5) is 16.4 Å². The molecule has 0 radical (unpaired) electrons. The van der Waals surface area contributed by atoms with Crippen molar-refractivity contribution in [1.82, 2.24) is 20.2 Å². The summed E-state index contributed by atoms with van der Waals surface area (Å²) in [4.78, 5) is 25.5. The fourth-order valence-corrected chi connectivity index (χ4v) is 5.27. The van der Waals surface area contributed by atoms with Crippen LogP contribution in [0.5, 0.6) is 0 Å². The van der Waals surface area contributed by atoms with E-state index in [1.54, 1.807) is 12.4 Å². The second-order valence-corrected chi connectivity index (χ2v) is 10.3. The van der Waals surface area contributed by atoms with E-state index in [-0.39, 0.29) is 30.8 Å². The third-order valence-electron chi connectivity index (χ3n) is 7.52. The Morgan fingerprint density at radius 1 is 1.00 bits per heavy atom. The second kappa shape index (κ2) is 13.2. The molecule has 0 aliphatic carbocycles. The van der Waals surface area contributed by atoms with Gasteiger partial charge in [0.1, 0.15) is 0 Å². The van der Waals surface area contributed by atoms with Crippen LogP contribution in [0, 0.1) is 5.92 Å². The van der Waals surface area contributed by atoms with Gasteiger partial charge in [-0.3, -0.25) is 4.90 Å². The monoisotopic (exact) mass is 546 g/mol. The van der Waals surface area contributed by atoms with Crippen LogP contribution in [0.25, 0.3) is 0 Å². The van der Waals surface area contributed by atoms with E-state index in [2.05, 4.69) is 37.3 Å². The summed E-state index contributed by atoms with van der Waals surface area (Å²) in [5.74, 6) is 0.855. The number of nitrogens with one attached hydrogen (secondary N) is 2. The van der Waals surface area contributed by atoms with E-state index in [4.69, 9.17) is 9.47 Å². The molecule has 2 saturated heterocycles. The maximum Gasteiger partial charge on any atom is 0.319 e. The number of aliphatic hydroxyl groups excluding tert-OH is 1. The Hall–Kier alpha value is -3.57. The summed E-state index contributed by atoms with van der Waals surface area (Å²) in [5.41, 5.74) is 3.43. The van der Waals surface area contributed by atoms with Gasteiger partial charge in [-0.05, 0) is 36.2 Å². The van der Waals surface area contributed by atoms with E-state index >= 15 is 0 Å². The number of nitrogens with zero attached hydrogens (tertiary/aromatic N) is 4. The van der Waals surface area contributed by atoms with Gasteiger partial charge in [0.2, 0.25) is 5.95 Å². The molecule has 0 bridgehead atoms. The molecule has 2 aromatic carbocycles. The molecule has 4 unspecified atom stereocenters. The maximum absolute atomic E-state index is 12.1. The third-order valence-corrected chi connectivity index (χ3v) is 7.52. The van der Waals surface area contributed by atoms with E-state index in [0.717, 1.165) is 55.4 Å². The average molecular weight is 547 g/mol. The largest absolute Gasteiger partial charge is 0.392 e. The van der Waals surface area contributed by atoms with Crippen molar-refractivity contribution in [2.24, 2.45) is 5.92 Å². The molecule has 2 aliphatic rings. The Kier molecular flexibility index (Phi) is 9.22. The average Bonchev–Trinajstić information content (AvgIpc) is 2.99. The normalized spacial score (nSPS) is 23.5. The summed E-state index contributed by atoms with van der Waals surface area (Å²) in [6.07, 6.45) is 2.68. The molecule has 1 aromatic heterocycles. The number of aromatic nitrogens is 2. The highest BCUT2D eigenvalue weighted by atomic mass is 16.7. The molecule has 5 rings (SSSR count). The van der Waals surface area contributed by atoms with Gasteiger partial charge in [0.15, 0.2) is 6.29 Å². The highest BCUT2D eigenvalue weighted by molar-refractivity contribution is 5.89. The summed E-state index contributed by atoms with van der Waals surface area (Å²) in [7, 11) is 0. The molecule has 3 N–H and O–H groups in total. The quantitative estimate of drug-likeness (QED) is 0.392. The number of piperazine rings is 1. The van der Waals surface area contributed by atoms with Crippen LogP contribution in [0.2, 0.25) is 0 Å². The summed E-state index contributed by atoms with van der Waals surface area (Å²) in [6.45, 7) is 8.85. The van der Waals surface area contributed by atoms with Crippen molar-refractivity contribution in [1.29, 1.82) is 0 Å². The minimum Gasteiger partial charge on any atom is -0.392 e. The summed E-state index contributed by atoms with van der Waals surface area (Å²) in [6, 6.07) is 17.1. The molecule has 3 aromatic rings. The van der Waals surface area contributed by atoms with Gasteiger partial charge >= 0.3 is 6.03 Å². The van der Waals surface area contributed by atoms with Crippen LogP contribution in [-0.2, 0) is 16.1 Å². The number of carbonyl (C=O) groups excluding carboxylic acids is 1. The van der Waals surface area contributed by atoms with Crippen molar-refractivity contribution < 1.29 is 19.4 Å². The lowest BCUT2D eigenvalue weighted by Gasteiger charge is -2.44. The smallest absolute Gasteiger partial charge is 0.319 e. The molecule has 10 nitrogen and oxygen atoms in total. The van der Waals surface area contributed by atoms with E-state index < -0.39 is 6.29 Å². The molecule has 0 saturated carbocycles. The Morgan fingerprint density at radius 3 is 2.45 bits per heavy atom. The van der Waals surface area contributed by atoms with Gasteiger partial charge in [0.05, 0.1) is 18.8 Å². The van der Waals surface area contributed by atoms with Gasteiger partial charge < -0.3 is 30.1 Å². The lowest BCUT2D eigenvalue weighted by molar-refractivity contribution is -0.276. The van der Waals surface area contributed by atoms with Gasteiger partial charge in [-0.1, -0.05) is 43.3 Å². The van der Waals surface area contributed by atoms with Crippen LogP contribution < -0.4 is 15.5 Å². The zero-order valence-corrected chi connectivity index (χ0v) is 23.1. The van der Waals surface area contributed by atoms with E-state index in [9.17, 15) is 9.90 Å². The van der Waals surface area contributed by atoms with Crippen molar-refractivity contribution in [3.8, 4) is 0 Å². The van der Waals surface area contributed by atoms with Crippen molar-refractivity contribution in [3.05, 3.63) is 83.7 Å². The van der Waals surface area contributed by atoms with E-state index in [0.29, 0.717) is 12.2 Å². The van der Waals surface area contributed by atoms with Gasteiger partial charge in [-0.15, -0.1) is 0 Å². The van der Waals surface area contributed by atoms with Gasteiger partial charge in [0.25, 0.3) is 0 Å². The first-order valence-corrected chi connectivity index (χ1v) is 13.9. The first-order chi connectivity index (χ1) is 19.5. The Bertz CT molecular complexity index is 1240. The van der Waals surface area contributed by atoms with E-state index in [1.807, 2.05) is 61.5 Å². The highest BCUT2D eigenvalue weighted by Gasteiger charge is 2.39. The lowest BCUT2D eigenvalue weighted by atomic mass is 9.90. The second-order valence-electron chi connectivity index (χ2n) is 10.3. The van der Waals surface area contributed by atoms with Crippen LogP contribution in [0.1, 0.15) is 42.9 Å². The number of aliphatic hydroxyl groups is 1. The molecular weight excluding hydrogens is 508 g/mol. The number of ether oxygens (including phenoxy) is 2. The van der Waals surface area contributed by atoms with Gasteiger partial charge in [0, 0.05) is 68.8 Å². The predicted molar refractivity (Wildman–Crippen MR) is 153 cm³/mol. The van der Waals surface area contributed by atoms with Crippen LogP contribution in [0.3, 0.4) is 0 Å². The number of urea groups is 1. The van der Waals surface area contributed by atoms with Crippen molar-refractivity contribution in [2.75, 3.05) is 49.5 Å². The van der Waals surface area contributed by atoms with Crippen LogP contribution in [0.15, 0.2) is 67.0 Å². The van der Waals surface area contributed by atoms with Crippen LogP contribution >= 0.6 is 0 Å². The predicted octanol–water partition coefficient (Wildman–Crippen LogP) is 3.72. The molecule has 2 aliphatic heterocycles. The van der Waals surface area contributed by atoms with Crippen molar-refractivity contribution >= 4 is 17.7 Å². The number of benzene rings is 2. The summed E-state index contributed by atoms with van der Waals surface area (Å²) >= 11 is 0. The molecule has 10 heteroatoms. The summed E-state index contributed by atoms with van der Waals surface area (Å²) in [5, 5.41) is 15.1. The number of amides is 2. The molecule has 3 heterocycles. The minimum absolute atomic E-state index is 0.00111. The zero-order chi connectivity index (χ0) is 27.9. The van der Waals surface area contributed by atoms with Gasteiger partial charge in [-0.25, -0.2) is 14.8 Å². The standard InChI is InChI=1S/C30H38N6O4/c1-3-31-30(38)34-25-7-4-6-24(18-25)28-39-26(21(2)27(40-28)23-10-8-22(20-37)9-11-23)19-35-14-16-36(17-15-35)29-32-12-5-13-33-29/h4-13,18,21,26-28,37H,3,14-17,19-20H2,1-2H3,(H2,31,34,38). The van der Waals surface area contributed by atoms with Crippen LogP contribution in [-0.4, -0.2) is 71.4 Å². The third kappa shape index (κ3) is 6.76. The molecular formula is C30H38N6O4. The van der Waals surface area contributed by atoms with E-state index in [1.165, 1.54) is 0 Å². The fourth-order valence-electron chi connectivity index (χ4n) is 5.27. The number of anilines is 2. The Labute approximate surface area is 235 Å². The summed E-state index contributed by atoms with van der Waals surface area (Å²) < 4.78 is 13.2. The number of hydrogen-bond donors (Lipinski definition) is 3.